The summed E-state index contributed by atoms with van der Waals surface area (Å²) in [6, 6.07) is 4.28. The number of esters is 1. The van der Waals surface area contributed by atoms with Crippen LogP contribution in [0.5, 0.6) is 0 Å². The molecule has 1 aromatic rings. The molecule has 1 aliphatic carbocycles. The maximum atomic E-state index is 11.7. The largest absolute Gasteiger partial charge is 0.465 e. The maximum Gasteiger partial charge on any atom is 0.349 e. The SMILES string of the molecule is N#C/C(=C\c1ccco1)C(=O)OCC(=O)NC(=O)NC1CCCC1. The molecule has 24 heavy (non-hydrogen) atoms. The number of nitrogens with zero attached hydrogens (tertiary/aromatic N) is 1. The zero-order valence-electron chi connectivity index (χ0n) is 12.9. The molecule has 8 heteroatoms. The number of imide groups is 1. The van der Waals surface area contributed by atoms with Crippen molar-refractivity contribution in [3.05, 3.63) is 29.7 Å². The van der Waals surface area contributed by atoms with Crippen molar-refractivity contribution in [2.24, 2.45) is 0 Å². The Morgan fingerprint density at radius 1 is 1.38 bits per heavy atom. The van der Waals surface area contributed by atoms with Crippen LogP contribution < -0.4 is 10.6 Å². The first-order valence-electron chi connectivity index (χ1n) is 7.51. The Kier molecular flexibility index (Phi) is 6.14. The monoisotopic (exact) mass is 331 g/mol. The fourth-order valence-corrected chi connectivity index (χ4v) is 2.32. The van der Waals surface area contributed by atoms with Gasteiger partial charge in [-0.25, -0.2) is 9.59 Å². The Morgan fingerprint density at radius 3 is 2.75 bits per heavy atom. The van der Waals surface area contributed by atoms with Crippen LogP contribution in [-0.2, 0) is 14.3 Å². The van der Waals surface area contributed by atoms with Gasteiger partial charge in [-0.1, -0.05) is 12.8 Å². The minimum Gasteiger partial charge on any atom is -0.465 e. The summed E-state index contributed by atoms with van der Waals surface area (Å²) in [4.78, 5) is 34.9. The van der Waals surface area contributed by atoms with Gasteiger partial charge in [-0.15, -0.1) is 0 Å². The average molecular weight is 331 g/mol. The van der Waals surface area contributed by atoms with E-state index in [-0.39, 0.29) is 11.6 Å². The third-order valence-corrected chi connectivity index (χ3v) is 3.45. The molecule has 0 saturated heterocycles. The Morgan fingerprint density at radius 2 is 2.12 bits per heavy atom. The number of urea groups is 1. The molecule has 8 nitrogen and oxygen atoms in total. The van der Waals surface area contributed by atoms with Gasteiger partial charge in [-0.3, -0.25) is 10.1 Å². The number of ether oxygens (including phenoxy) is 1. The predicted octanol–water partition coefficient (Wildman–Crippen LogP) is 1.50. The second kappa shape index (κ2) is 8.53. The Hall–Kier alpha value is -3.08. The zero-order valence-corrected chi connectivity index (χ0v) is 12.9. The first-order valence-corrected chi connectivity index (χ1v) is 7.51. The van der Waals surface area contributed by atoms with Crippen LogP contribution in [0.3, 0.4) is 0 Å². The summed E-state index contributed by atoms with van der Waals surface area (Å²) in [5.74, 6) is -1.43. The van der Waals surface area contributed by atoms with Crippen molar-refractivity contribution in [2.45, 2.75) is 31.7 Å². The van der Waals surface area contributed by atoms with Gasteiger partial charge in [0.2, 0.25) is 0 Å². The lowest BCUT2D eigenvalue weighted by Gasteiger charge is -2.12. The van der Waals surface area contributed by atoms with Crippen molar-refractivity contribution in [2.75, 3.05) is 6.61 Å². The van der Waals surface area contributed by atoms with Crippen LogP contribution in [0.2, 0.25) is 0 Å². The topological polar surface area (TPSA) is 121 Å². The molecule has 2 N–H and O–H groups in total. The van der Waals surface area contributed by atoms with E-state index in [9.17, 15) is 14.4 Å². The van der Waals surface area contributed by atoms with E-state index in [1.807, 2.05) is 0 Å². The third-order valence-electron chi connectivity index (χ3n) is 3.45. The number of hydrogen-bond donors (Lipinski definition) is 2. The highest BCUT2D eigenvalue weighted by Gasteiger charge is 2.19. The molecule has 0 bridgehead atoms. The molecular weight excluding hydrogens is 314 g/mol. The van der Waals surface area contributed by atoms with E-state index in [4.69, 9.17) is 14.4 Å². The highest BCUT2D eigenvalue weighted by molar-refractivity contribution is 6.00. The van der Waals surface area contributed by atoms with E-state index in [1.54, 1.807) is 18.2 Å². The molecular formula is C16H17N3O5. The molecule has 126 valence electrons. The molecule has 0 aromatic carbocycles. The van der Waals surface area contributed by atoms with Crippen LogP contribution in [0.1, 0.15) is 31.4 Å². The van der Waals surface area contributed by atoms with E-state index < -0.39 is 24.5 Å². The molecule has 0 unspecified atom stereocenters. The molecule has 0 radical (unpaired) electrons. The van der Waals surface area contributed by atoms with Crippen LogP contribution in [0.4, 0.5) is 4.79 Å². The van der Waals surface area contributed by atoms with Gasteiger partial charge in [0.25, 0.3) is 5.91 Å². The van der Waals surface area contributed by atoms with Crippen molar-refractivity contribution in [1.82, 2.24) is 10.6 Å². The molecule has 0 spiro atoms. The summed E-state index contributed by atoms with van der Waals surface area (Å²) < 4.78 is 9.70. The molecule has 1 saturated carbocycles. The third kappa shape index (κ3) is 5.28. The smallest absolute Gasteiger partial charge is 0.349 e. The van der Waals surface area contributed by atoms with Gasteiger partial charge in [-0.2, -0.15) is 5.26 Å². The fraction of sp³-hybridized carbons (Fsp3) is 0.375. The number of carbonyl (C=O) groups excluding carboxylic acids is 3. The minimum absolute atomic E-state index is 0.0711. The van der Waals surface area contributed by atoms with E-state index in [1.165, 1.54) is 12.3 Å². The number of amides is 3. The normalized spacial score (nSPS) is 14.7. The number of nitrogens with one attached hydrogen (secondary N) is 2. The summed E-state index contributed by atoms with van der Waals surface area (Å²) in [6.45, 7) is -0.659. The Balaban J connectivity index is 1.76. The molecule has 1 aliphatic rings. The second-order valence-electron chi connectivity index (χ2n) is 5.26. The number of hydrogen-bond acceptors (Lipinski definition) is 6. The first-order chi connectivity index (χ1) is 11.6. The van der Waals surface area contributed by atoms with E-state index in [0.29, 0.717) is 5.76 Å². The van der Waals surface area contributed by atoms with Gasteiger partial charge in [0.05, 0.1) is 6.26 Å². The number of nitriles is 1. The highest BCUT2D eigenvalue weighted by Crippen LogP contribution is 2.17. The molecule has 1 heterocycles. The molecule has 0 aliphatic heterocycles. The lowest BCUT2D eigenvalue weighted by atomic mass is 10.2. The number of rotatable bonds is 5. The number of carbonyl (C=O) groups is 3. The Bertz CT molecular complexity index is 666. The molecule has 0 atom stereocenters. The quantitative estimate of drug-likeness (QED) is 0.479. The lowest BCUT2D eigenvalue weighted by Crippen LogP contribution is -2.45. The van der Waals surface area contributed by atoms with Crippen LogP contribution in [0.15, 0.2) is 28.4 Å². The van der Waals surface area contributed by atoms with Gasteiger partial charge < -0.3 is 14.5 Å². The van der Waals surface area contributed by atoms with Crippen LogP contribution in [-0.4, -0.2) is 30.6 Å². The van der Waals surface area contributed by atoms with Gasteiger partial charge in [-0.05, 0) is 25.0 Å². The standard InChI is InChI=1S/C16H17N3O5/c17-9-11(8-13-6-3-7-23-13)15(21)24-10-14(20)19-16(22)18-12-4-1-2-5-12/h3,6-8,12H,1-2,4-5,10H2,(H2,18,19,20,22)/b11-8+. The summed E-state index contributed by atoms with van der Waals surface area (Å²) in [5, 5.41) is 13.7. The predicted molar refractivity (Wildman–Crippen MR) is 82.2 cm³/mol. The molecule has 2 rings (SSSR count). The van der Waals surface area contributed by atoms with Gasteiger partial charge in [0.15, 0.2) is 6.61 Å². The summed E-state index contributed by atoms with van der Waals surface area (Å²) in [5.41, 5.74) is -0.312. The second-order valence-corrected chi connectivity index (χ2v) is 5.26. The summed E-state index contributed by atoms with van der Waals surface area (Å²) >= 11 is 0. The minimum atomic E-state index is -0.972. The van der Waals surface area contributed by atoms with Crippen molar-refractivity contribution in [3.63, 3.8) is 0 Å². The molecule has 1 aromatic heterocycles. The van der Waals surface area contributed by atoms with Crippen molar-refractivity contribution in [3.8, 4) is 6.07 Å². The van der Waals surface area contributed by atoms with Gasteiger partial charge in [0, 0.05) is 12.1 Å². The zero-order chi connectivity index (χ0) is 17.4. The highest BCUT2D eigenvalue weighted by atomic mass is 16.5. The first kappa shape index (κ1) is 17.3. The number of furan rings is 1. The maximum absolute atomic E-state index is 11.7. The fourth-order valence-electron chi connectivity index (χ4n) is 2.32. The van der Waals surface area contributed by atoms with E-state index >= 15 is 0 Å². The average Bonchev–Trinajstić information content (AvgIpc) is 3.23. The van der Waals surface area contributed by atoms with Gasteiger partial charge in [0.1, 0.15) is 17.4 Å². The molecule has 3 amide bonds. The van der Waals surface area contributed by atoms with Crippen molar-refractivity contribution >= 4 is 24.0 Å². The summed E-state index contributed by atoms with van der Waals surface area (Å²) in [6.07, 6.45) is 6.47. The van der Waals surface area contributed by atoms with Crippen molar-refractivity contribution < 1.29 is 23.5 Å². The van der Waals surface area contributed by atoms with Crippen LogP contribution in [0, 0.1) is 11.3 Å². The van der Waals surface area contributed by atoms with Crippen LogP contribution >= 0.6 is 0 Å². The lowest BCUT2D eigenvalue weighted by molar-refractivity contribution is -0.144. The Labute approximate surface area is 138 Å². The van der Waals surface area contributed by atoms with Crippen LogP contribution in [0.25, 0.3) is 6.08 Å². The summed E-state index contributed by atoms with van der Waals surface area (Å²) in [7, 11) is 0. The van der Waals surface area contributed by atoms with Crippen molar-refractivity contribution in [1.29, 1.82) is 5.26 Å². The molecule has 1 fully saturated rings. The van der Waals surface area contributed by atoms with E-state index in [2.05, 4.69) is 10.6 Å². The van der Waals surface area contributed by atoms with Gasteiger partial charge >= 0.3 is 12.0 Å². The van der Waals surface area contributed by atoms with E-state index in [0.717, 1.165) is 25.7 Å².